The van der Waals surface area contributed by atoms with Crippen LogP contribution in [0.1, 0.15) is 23.1 Å². The van der Waals surface area contributed by atoms with Crippen molar-refractivity contribution >= 4 is 28.9 Å². The van der Waals surface area contributed by atoms with Gasteiger partial charge in [0.1, 0.15) is 0 Å². The van der Waals surface area contributed by atoms with Gasteiger partial charge in [-0.1, -0.05) is 30.3 Å². The van der Waals surface area contributed by atoms with Crippen molar-refractivity contribution < 1.29 is 9.53 Å². The molecule has 26 heavy (non-hydrogen) atoms. The fourth-order valence-electron chi connectivity index (χ4n) is 4.24. The molecule has 4 nitrogen and oxygen atoms in total. The van der Waals surface area contributed by atoms with Gasteiger partial charge in [-0.2, -0.15) is 0 Å². The molecule has 1 saturated heterocycles. The first kappa shape index (κ1) is 15.6. The summed E-state index contributed by atoms with van der Waals surface area (Å²) in [5.74, 6) is 0.143. The Morgan fingerprint density at radius 2 is 1.77 bits per heavy atom. The van der Waals surface area contributed by atoms with Crippen LogP contribution >= 0.6 is 0 Å². The fourth-order valence-corrected chi connectivity index (χ4v) is 4.24. The molecule has 3 aliphatic heterocycles. The van der Waals surface area contributed by atoms with E-state index < -0.39 is 0 Å². The molecule has 0 N–H and O–H groups in total. The minimum absolute atomic E-state index is 0.143. The van der Waals surface area contributed by atoms with Crippen LogP contribution in [-0.2, 0) is 16.0 Å². The molecule has 2 aromatic carbocycles. The quantitative estimate of drug-likeness (QED) is 0.782. The molecule has 0 bridgehead atoms. The molecule has 0 spiro atoms. The summed E-state index contributed by atoms with van der Waals surface area (Å²) in [6, 6.07) is 14.8. The van der Waals surface area contributed by atoms with Crippen molar-refractivity contribution in [3.8, 4) is 0 Å². The van der Waals surface area contributed by atoms with Crippen LogP contribution in [0.2, 0.25) is 0 Å². The van der Waals surface area contributed by atoms with Gasteiger partial charge in [0.05, 0.1) is 18.9 Å². The zero-order valence-corrected chi connectivity index (χ0v) is 14.8. The van der Waals surface area contributed by atoms with Gasteiger partial charge in [0.15, 0.2) is 0 Å². The maximum Gasteiger partial charge on any atom is 0.259 e. The van der Waals surface area contributed by atoms with Crippen LogP contribution in [0, 0.1) is 0 Å². The van der Waals surface area contributed by atoms with Crippen molar-refractivity contribution in [1.82, 2.24) is 0 Å². The smallest absolute Gasteiger partial charge is 0.259 e. The highest BCUT2D eigenvalue weighted by Crippen LogP contribution is 2.42. The Labute approximate surface area is 153 Å². The van der Waals surface area contributed by atoms with Crippen molar-refractivity contribution in [3.63, 3.8) is 0 Å². The molecule has 0 atom stereocenters. The van der Waals surface area contributed by atoms with Crippen LogP contribution in [-0.4, -0.2) is 38.8 Å². The van der Waals surface area contributed by atoms with E-state index in [1.54, 1.807) is 0 Å². The molecular weight excluding hydrogens is 324 g/mol. The van der Waals surface area contributed by atoms with E-state index in [0.29, 0.717) is 0 Å². The number of hydrogen-bond donors (Lipinski definition) is 0. The molecule has 0 aromatic heterocycles. The van der Waals surface area contributed by atoms with Gasteiger partial charge in [-0.15, -0.1) is 0 Å². The third-order valence-electron chi connectivity index (χ3n) is 5.56. The number of morpholine rings is 1. The topological polar surface area (TPSA) is 32.8 Å². The molecule has 0 unspecified atom stereocenters. The highest BCUT2D eigenvalue weighted by molar-refractivity contribution is 6.36. The van der Waals surface area contributed by atoms with Crippen molar-refractivity contribution in [2.75, 3.05) is 42.6 Å². The van der Waals surface area contributed by atoms with E-state index in [2.05, 4.69) is 47.4 Å². The molecular formula is C22H22N2O2. The van der Waals surface area contributed by atoms with Gasteiger partial charge in [0.2, 0.25) is 0 Å². The lowest BCUT2D eigenvalue weighted by atomic mass is 9.98. The van der Waals surface area contributed by atoms with Gasteiger partial charge < -0.3 is 14.5 Å². The normalized spacial score (nSPS) is 20.6. The molecule has 4 heteroatoms. The third-order valence-corrected chi connectivity index (χ3v) is 5.56. The van der Waals surface area contributed by atoms with E-state index in [-0.39, 0.29) is 5.91 Å². The van der Waals surface area contributed by atoms with Gasteiger partial charge in [-0.3, -0.25) is 4.79 Å². The highest BCUT2D eigenvalue weighted by atomic mass is 16.5. The number of benzene rings is 2. The maximum atomic E-state index is 12.9. The molecule has 1 amide bonds. The lowest BCUT2D eigenvalue weighted by molar-refractivity contribution is -0.113. The molecule has 0 radical (unpaired) electrons. The van der Waals surface area contributed by atoms with E-state index in [0.717, 1.165) is 68.1 Å². The van der Waals surface area contributed by atoms with Crippen LogP contribution in [0.3, 0.4) is 0 Å². The summed E-state index contributed by atoms with van der Waals surface area (Å²) in [5.41, 5.74) is 6.64. The number of anilines is 2. The first-order chi connectivity index (χ1) is 12.8. The van der Waals surface area contributed by atoms with Crippen molar-refractivity contribution in [3.05, 3.63) is 59.2 Å². The monoisotopic (exact) mass is 346 g/mol. The predicted octanol–water partition coefficient (Wildman–Crippen LogP) is 3.36. The van der Waals surface area contributed by atoms with E-state index in [1.165, 1.54) is 11.3 Å². The summed E-state index contributed by atoms with van der Waals surface area (Å²) in [6.07, 6.45) is 4.15. The summed E-state index contributed by atoms with van der Waals surface area (Å²) in [5, 5.41) is 0. The first-order valence-corrected chi connectivity index (χ1v) is 9.40. The van der Waals surface area contributed by atoms with Crippen LogP contribution in [0.25, 0.3) is 11.6 Å². The number of amides is 1. The van der Waals surface area contributed by atoms with Crippen LogP contribution in [0.5, 0.6) is 0 Å². The van der Waals surface area contributed by atoms with Crippen molar-refractivity contribution in [2.45, 2.75) is 12.8 Å². The van der Waals surface area contributed by atoms with Crippen LogP contribution < -0.4 is 9.80 Å². The molecule has 0 saturated carbocycles. The predicted molar refractivity (Wildman–Crippen MR) is 104 cm³/mol. The second kappa shape index (κ2) is 6.29. The SMILES string of the molecule is O=C1C(=Cc2ccc(N3CCOCC3)cc2)c2cccc3c2N1CCC3. The molecule has 1 fully saturated rings. The zero-order valence-electron chi connectivity index (χ0n) is 14.8. The highest BCUT2D eigenvalue weighted by Gasteiger charge is 2.35. The second-order valence-corrected chi connectivity index (χ2v) is 7.12. The second-order valence-electron chi connectivity index (χ2n) is 7.12. The van der Waals surface area contributed by atoms with E-state index >= 15 is 0 Å². The minimum Gasteiger partial charge on any atom is -0.378 e. The molecule has 2 aromatic rings. The van der Waals surface area contributed by atoms with Gasteiger partial charge in [0.25, 0.3) is 5.91 Å². The van der Waals surface area contributed by atoms with Gasteiger partial charge in [-0.05, 0) is 42.2 Å². The number of para-hydroxylation sites is 1. The number of carbonyl (C=O) groups excluding carboxylic acids is 1. The fraction of sp³-hybridized carbons (Fsp3) is 0.318. The van der Waals surface area contributed by atoms with E-state index in [9.17, 15) is 4.79 Å². The summed E-state index contributed by atoms with van der Waals surface area (Å²) in [4.78, 5) is 17.2. The lowest BCUT2D eigenvalue weighted by Crippen LogP contribution is -2.36. The Morgan fingerprint density at radius 3 is 2.58 bits per heavy atom. The number of aryl methyl sites for hydroxylation is 1. The number of rotatable bonds is 2. The maximum absolute atomic E-state index is 12.9. The molecule has 5 rings (SSSR count). The van der Waals surface area contributed by atoms with Crippen molar-refractivity contribution in [1.29, 1.82) is 0 Å². The van der Waals surface area contributed by atoms with Gasteiger partial charge in [0, 0.05) is 36.5 Å². The Bertz CT molecular complexity index is 880. The average molecular weight is 346 g/mol. The molecule has 3 heterocycles. The summed E-state index contributed by atoms with van der Waals surface area (Å²) in [6.45, 7) is 4.27. The number of carbonyl (C=O) groups is 1. The summed E-state index contributed by atoms with van der Waals surface area (Å²) in [7, 11) is 0. The molecule has 3 aliphatic rings. The summed E-state index contributed by atoms with van der Waals surface area (Å²) >= 11 is 0. The largest absolute Gasteiger partial charge is 0.378 e. The first-order valence-electron chi connectivity index (χ1n) is 9.40. The van der Waals surface area contributed by atoms with Gasteiger partial charge >= 0.3 is 0 Å². The number of nitrogens with zero attached hydrogens (tertiary/aromatic N) is 2. The van der Waals surface area contributed by atoms with Crippen molar-refractivity contribution in [2.24, 2.45) is 0 Å². The standard InChI is InChI=1S/C22H22N2O2/c25-22-20(19-5-1-3-17-4-2-10-24(22)21(17)19)15-16-6-8-18(9-7-16)23-11-13-26-14-12-23/h1,3,5-9,15H,2,4,10-14H2. The average Bonchev–Trinajstić information content (AvgIpc) is 2.97. The summed E-state index contributed by atoms with van der Waals surface area (Å²) < 4.78 is 5.42. The Balaban J connectivity index is 1.48. The molecule has 0 aliphatic carbocycles. The Kier molecular flexibility index (Phi) is 3.79. The van der Waals surface area contributed by atoms with E-state index in [1.807, 2.05) is 11.0 Å². The zero-order chi connectivity index (χ0) is 17.5. The Morgan fingerprint density at radius 1 is 0.962 bits per heavy atom. The number of hydrogen-bond acceptors (Lipinski definition) is 3. The molecule has 132 valence electrons. The number of ether oxygens (including phenoxy) is 1. The van der Waals surface area contributed by atoms with Crippen LogP contribution in [0.4, 0.5) is 11.4 Å². The van der Waals surface area contributed by atoms with Gasteiger partial charge in [-0.25, -0.2) is 0 Å². The Hall–Kier alpha value is -2.59. The van der Waals surface area contributed by atoms with Crippen LogP contribution in [0.15, 0.2) is 42.5 Å². The minimum atomic E-state index is 0.143. The lowest BCUT2D eigenvalue weighted by Gasteiger charge is -2.28. The third kappa shape index (κ3) is 2.53. The van der Waals surface area contributed by atoms with E-state index in [4.69, 9.17) is 4.74 Å².